The highest BCUT2D eigenvalue weighted by Gasteiger charge is 2.29. The van der Waals surface area contributed by atoms with Gasteiger partial charge in [-0.05, 0) is 43.9 Å². The fourth-order valence-electron chi connectivity index (χ4n) is 3.60. The number of hydrogen-bond acceptors (Lipinski definition) is 4. The minimum atomic E-state index is 0.122. The van der Waals surface area contributed by atoms with Gasteiger partial charge in [0, 0.05) is 30.6 Å². The van der Waals surface area contributed by atoms with Crippen LogP contribution in [-0.4, -0.2) is 41.6 Å². The molecule has 3 heterocycles. The summed E-state index contributed by atoms with van der Waals surface area (Å²) in [6.07, 6.45) is 4.49. The fourth-order valence-corrected chi connectivity index (χ4v) is 3.76. The van der Waals surface area contributed by atoms with Crippen LogP contribution in [0.4, 0.5) is 0 Å². The molecule has 2 saturated heterocycles. The average Bonchev–Trinajstić information content (AvgIpc) is 3.24. The molecular formula is C18H21ClN2O3. The van der Waals surface area contributed by atoms with Crippen molar-refractivity contribution in [2.75, 3.05) is 19.7 Å². The topological polar surface area (TPSA) is 55.6 Å². The number of carbonyl (C=O) groups is 1. The Bertz CT molecular complexity index is 731. The van der Waals surface area contributed by atoms with Crippen molar-refractivity contribution in [1.29, 1.82) is 0 Å². The van der Waals surface area contributed by atoms with Gasteiger partial charge in [-0.2, -0.15) is 0 Å². The van der Waals surface area contributed by atoms with Crippen LogP contribution in [0.5, 0.6) is 0 Å². The highest BCUT2D eigenvalue weighted by molar-refractivity contribution is 6.31. The molecule has 2 aliphatic heterocycles. The van der Waals surface area contributed by atoms with Gasteiger partial charge in [-0.3, -0.25) is 4.79 Å². The van der Waals surface area contributed by atoms with E-state index in [1.807, 2.05) is 23.1 Å². The van der Waals surface area contributed by atoms with Gasteiger partial charge in [-0.25, -0.2) is 4.98 Å². The number of rotatable bonds is 3. The van der Waals surface area contributed by atoms with Crippen molar-refractivity contribution in [3.63, 3.8) is 0 Å². The van der Waals surface area contributed by atoms with Gasteiger partial charge in [0.05, 0.1) is 12.5 Å². The predicted molar refractivity (Wildman–Crippen MR) is 91.2 cm³/mol. The van der Waals surface area contributed by atoms with Crippen LogP contribution in [0.15, 0.2) is 22.6 Å². The molecule has 128 valence electrons. The number of nitrogens with zero attached hydrogens (tertiary/aromatic N) is 2. The lowest BCUT2D eigenvalue weighted by atomic mass is 9.96. The summed E-state index contributed by atoms with van der Waals surface area (Å²) in [6, 6.07) is 5.49. The van der Waals surface area contributed by atoms with Crippen LogP contribution in [0.25, 0.3) is 11.1 Å². The number of likely N-dealkylation sites (tertiary alicyclic amines) is 1. The number of halogens is 1. The Balaban J connectivity index is 1.37. The second kappa shape index (κ2) is 6.73. The van der Waals surface area contributed by atoms with E-state index in [1.165, 1.54) is 0 Å². The number of ether oxygens (including phenoxy) is 1. The maximum atomic E-state index is 12.4. The first-order valence-electron chi connectivity index (χ1n) is 8.64. The number of aromatic nitrogens is 1. The van der Waals surface area contributed by atoms with E-state index in [0.29, 0.717) is 11.4 Å². The molecule has 2 aliphatic rings. The van der Waals surface area contributed by atoms with E-state index in [2.05, 4.69) is 4.98 Å². The molecule has 1 atom stereocenters. The molecular weight excluding hydrogens is 328 g/mol. The van der Waals surface area contributed by atoms with E-state index in [0.717, 1.165) is 62.4 Å². The molecule has 1 amide bonds. The summed E-state index contributed by atoms with van der Waals surface area (Å²) in [5.41, 5.74) is 1.57. The minimum Gasteiger partial charge on any atom is -0.440 e. The number of amides is 1. The molecule has 2 aromatic rings. The standard InChI is InChI=1S/C18H21ClN2O3/c19-13-3-4-16-15(10-13)20-18(24-16)12-5-7-21(8-6-12)17(22)11-14-2-1-9-23-14/h3-4,10,12,14H,1-2,5-9,11H2/t14-/m1/s1. The van der Waals surface area contributed by atoms with Crippen LogP contribution >= 0.6 is 11.6 Å². The third kappa shape index (κ3) is 3.28. The molecule has 2 fully saturated rings. The van der Waals surface area contributed by atoms with Crippen molar-refractivity contribution in [3.05, 3.63) is 29.1 Å². The number of hydrogen-bond donors (Lipinski definition) is 0. The lowest BCUT2D eigenvalue weighted by Gasteiger charge is -2.31. The van der Waals surface area contributed by atoms with Crippen LogP contribution in [-0.2, 0) is 9.53 Å². The van der Waals surface area contributed by atoms with Gasteiger partial charge in [0.25, 0.3) is 0 Å². The Hall–Kier alpha value is -1.59. The fraction of sp³-hybridized carbons (Fsp3) is 0.556. The maximum Gasteiger partial charge on any atom is 0.225 e. The molecule has 0 radical (unpaired) electrons. The lowest BCUT2D eigenvalue weighted by molar-refractivity contribution is -0.134. The van der Waals surface area contributed by atoms with Gasteiger partial charge in [0.15, 0.2) is 11.5 Å². The zero-order valence-corrected chi connectivity index (χ0v) is 14.3. The van der Waals surface area contributed by atoms with E-state index in [-0.39, 0.29) is 17.9 Å². The molecule has 1 aromatic carbocycles. The quantitative estimate of drug-likeness (QED) is 0.847. The van der Waals surface area contributed by atoms with Crippen LogP contribution < -0.4 is 0 Å². The van der Waals surface area contributed by atoms with Crippen LogP contribution in [0.1, 0.15) is 43.9 Å². The molecule has 6 heteroatoms. The van der Waals surface area contributed by atoms with Crippen molar-refractivity contribution in [1.82, 2.24) is 9.88 Å². The van der Waals surface area contributed by atoms with Gasteiger partial charge in [0.2, 0.25) is 5.91 Å². The number of oxazole rings is 1. The number of fused-ring (bicyclic) bond motifs is 1. The summed E-state index contributed by atoms with van der Waals surface area (Å²) in [5, 5.41) is 0.664. The molecule has 24 heavy (non-hydrogen) atoms. The first kappa shape index (κ1) is 15.9. The Morgan fingerprint density at radius 3 is 2.88 bits per heavy atom. The summed E-state index contributed by atoms with van der Waals surface area (Å²) in [5.74, 6) is 1.24. The Kier molecular flexibility index (Phi) is 4.46. The highest BCUT2D eigenvalue weighted by Crippen LogP contribution is 2.31. The van der Waals surface area contributed by atoms with Gasteiger partial charge < -0.3 is 14.1 Å². The molecule has 0 bridgehead atoms. The van der Waals surface area contributed by atoms with Crippen LogP contribution in [0.2, 0.25) is 5.02 Å². The Morgan fingerprint density at radius 1 is 1.29 bits per heavy atom. The Labute approximate surface area is 145 Å². The number of benzene rings is 1. The molecule has 4 rings (SSSR count). The van der Waals surface area contributed by atoms with E-state index in [1.54, 1.807) is 0 Å². The maximum absolute atomic E-state index is 12.4. The summed E-state index contributed by atoms with van der Waals surface area (Å²) in [4.78, 5) is 18.9. The minimum absolute atomic E-state index is 0.122. The zero-order chi connectivity index (χ0) is 16.5. The number of carbonyl (C=O) groups excluding carboxylic acids is 1. The number of piperidine rings is 1. The Morgan fingerprint density at radius 2 is 2.12 bits per heavy atom. The van der Waals surface area contributed by atoms with E-state index >= 15 is 0 Å². The van der Waals surface area contributed by atoms with Crippen LogP contribution in [0, 0.1) is 0 Å². The zero-order valence-electron chi connectivity index (χ0n) is 13.5. The molecule has 0 spiro atoms. The predicted octanol–water partition coefficient (Wildman–Crippen LogP) is 3.76. The molecule has 5 nitrogen and oxygen atoms in total. The summed E-state index contributed by atoms with van der Waals surface area (Å²) in [6.45, 7) is 2.31. The molecule has 0 aliphatic carbocycles. The second-order valence-electron chi connectivity index (χ2n) is 6.66. The largest absolute Gasteiger partial charge is 0.440 e. The van der Waals surface area contributed by atoms with Crippen LogP contribution in [0.3, 0.4) is 0 Å². The van der Waals surface area contributed by atoms with Crippen molar-refractivity contribution in [3.8, 4) is 0 Å². The third-order valence-electron chi connectivity index (χ3n) is 4.99. The van der Waals surface area contributed by atoms with E-state index in [9.17, 15) is 4.79 Å². The molecule has 1 aromatic heterocycles. The van der Waals surface area contributed by atoms with Crippen molar-refractivity contribution in [2.45, 2.75) is 44.1 Å². The van der Waals surface area contributed by atoms with Crippen molar-refractivity contribution >= 4 is 28.6 Å². The average molecular weight is 349 g/mol. The highest BCUT2D eigenvalue weighted by atomic mass is 35.5. The van der Waals surface area contributed by atoms with Gasteiger partial charge in [-0.1, -0.05) is 11.6 Å². The van der Waals surface area contributed by atoms with Gasteiger partial charge in [-0.15, -0.1) is 0 Å². The van der Waals surface area contributed by atoms with E-state index in [4.69, 9.17) is 20.8 Å². The summed E-state index contributed by atoms with van der Waals surface area (Å²) in [7, 11) is 0. The van der Waals surface area contributed by atoms with Gasteiger partial charge >= 0.3 is 0 Å². The van der Waals surface area contributed by atoms with Crippen molar-refractivity contribution in [2.24, 2.45) is 0 Å². The van der Waals surface area contributed by atoms with Crippen molar-refractivity contribution < 1.29 is 13.9 Å². The molecule has 0 saturated carbocycles. The van der Waals surface area contributed by atoms with Gasteiger partial charge in [0.1, 0.15) is 5.52 Å². The first-order valence-corrected chi connectivity index (χ1v) is 9.02. The monoisotopic (exact) mass is 348 g/mol. The smallest absolute Gasteiger partial charge is 0.225 e. The lowest BCUT2D eigenvalue weighted by Crippen LogP contribution is -2.39. The normalized spacial score (nSPS) is 22.4. The second-order valence-corrected chi connectivity index (χ2v) is 7.09. The molecule has 0 unspecified atom stereocenters. The SMILES string of the molecule is O=C(C[C@H]1CCCO1)N1CCC(c2nc3cc(Cl)ccc3o2)CC1. The third-order valence-corrected chi connectivity index (χ3v) is 5.22. The molecule has 0 N–H and O–H groups in total. The first-order chi connectivity index (χ1) is 11.7. The summed E-state index contributed by atoms with van der Waals surface area (Å²) < 4.78 is 11.4. The van der Waals surface area contributed by atoms with E-state index < -0.39 is 0 Å². The summed E-state index contributed by atoms with van der Waals surface area (Å²) >= 11 is 6.00.